The summed E-state index contributed by atoms with van der Waals surface area (Å²) < 4.78 is 0. The van der Waals surface area contributed by atoms with Gasteiger partial charge in [-0.3, -0.25) is 10.1 Å². The third-order valence-electron chi connectivity index (χ3n) is 2.88. The molecule has 0 saturated carbocycles. The topological polar surface area (TPSA) is 95.7 Å². The molecule has 2 rings (SSSR count). The molecular weight excluding hydrogens is 238 g/mol. The lowest BCUT2D eigenvalue weighted by molar-refractivity contribution is -0.384. The molecule has 1 aliphatic rings. The maximum atomic E-state index is 11.2. The third kappa shape index (κ3) is 2.25. The fourth-order valence-electron chi connectivity index (χ4n) is 2.07. The molecule has 2 N–H and O–H groups in total. The van der Waals surface area contributed by atoms with Gasteiger partial charge in [0.05, 0.1) is 10.5 Å². The number of hydrogen-bond acceptors (Lipinski definition) is 5. The molecule has 0 radical (unpaired) electrons. The summed E-state index contributed by atoms with van der Waals surface area (Å²) in [5.41, 5.74) is 0.0272. The van der Waals surface area contributed by atoms with E-state index in [4.69, 9.17) is 5.11 Å². The highest BCUT2D eigenvalue weighted by Crippen LogP contribution is 2.32. The molecule has 0 bridgehead atoms. The van der Waals surface area contributed by atoms with Crippen molar-refractivity contribution in [3.05, 3.63) is 33.9 Å². The van der Waals surface area contributed by atoms with Gasteiger partial charge in [-0.05, 0) is 6.07 Å². The number of benzene rings is 1. The lowest BCUT2D eigenvalue weighted by Gasteiger charge is -2.29. The Bertz CT molecular complexity index is 451. The molecule has 0 unspecified atom stereocenters. The van der Waals surface area contributed by atoms with Gasteiger partial charge in [-0.15, -0.1) is 0 Å². The van der Waals surface area contributed by atoms with Crippen molar-refractivity contribution < 1.29 is 14.8 Å². The van der Waals surface area contributed by atoms with Crippen LogP contribution in [-0.4, -0.2) is 42.2 Å². The third-order valence-corrected chi connectivity index (χ3v) is 2.88. The zero-order valence-corrected chi connectivity index (χ0v) is 9.63. The minimum atomic E-state index is -1.15. The fraction of sp³-hybridized carbons (Fsp3) is 0.364. The first kappa shape index (κ1) is 12.3. The van der Waals surface area contributed by atoms with Crippen LogP contribution < -0.4 is 10.2 Å². The first-order chi connectivity index (χ1) is 8.61. The zero-order valence-electron chi connectivity index (χ0n) is 9.63. The van der Waals surface area contributed by atoms with Crippen LogP contribution in [0.4, 0.5) is 11.4 Å². The highest BCUT2D eigenvalue weighted by Gasteiger charge is 2.26. The summed E-state index contributed by atoms with van der Waals surface area (Å²) in [4.78, 5) is 23.4. The zero-order chi connectivity index (χ0) is 13.1. The Morgan fingerprint density at radius 2 is 2.06 bits per heavy atom. The highest BCUT2D eigenvalue weighted by molar-refractivity contribution is 5.97. The smallest absolute Gasteiger partial charge is 0.338 e. The minimum Gasteiger partial charge on any atom is -0.478 e. The second-order valence-corrected chi connectivity index (χ2v) is 3.97. The number of piperazine rings is 1. The molecule has 0 aromatic heterocycles. The van der Waals surface area contributed by atoms with Gasteiger partial charge in [0.2, 0.25) is 0 Å². The van der Waals surface area contributed by atoms with Crippen LogP contribution in [0.3, 0.4) is 0 Å². The lowest BCUT2D eigenvalue weighted by Crippen LogP contribution is -2.44. The molecule has 96 valence electrons. The normalized spacial score (nSPS) is 15.4. The number of nitrogens with zero attached hydrogens (tertiary/aromatic N) is 2. The molecule has 0 aliphatic carbocycles. The molecule has 7 heteroatoms. The molecule has 0 amide bonds. The van der Waals surface area contributed by atoms with Gasteiger partial charge in [-0.2, -0.15) is 0 Å². The number of rotatable bonds is 3. The summed E-state index contributed by atoms with van der Waals surface area (Å²) in [6.07, 6.45) is 0. The molecule has 7 nitrogen and oxygen atoms in total. The number of carboxylic acid groups (broad SMARTS) is 1. The standard InChI is InChI=1S/C11H13N3O4/c15-11(16)8-2-1-3-9(14(17)18)10(8)13-6-4-12-5-7-13/h1-3,12H,4-7H2,(H,15,16). The van der Waals surface area contributed by atoms with Gasteiger partial charge < -0.3 is 15.3 Å². The van der Waals surface area contributed by atoms with Crippen molar-refractivity contribution in [2.24, 2.45) is 0 Å². The lowest BCUT2D eigenvalue weighted by atomic mass is 10.1. The summed E-state index contributed by atoms with van der Waals surface area (Å²) in [7, 11) is 0. The van der Waals surface area contributed by atoms with Crippen molar-refractivity contribution >= 4 is 17.3 Å². The van der Waals surface area contributed by atoms with Crippen molar-refractivity contribution in [3.63, 3.8) is 0 Å². The number of nitrogens with one attached hydrogen (secondary N) is 1. The minimum absolute atomic E-state index is 0.0221. The number of anilines is 1. The van der Waals surface area contributed by atoms with Crippen molar-refractivity contribution in [1.82, 2.24) is 5.32 Å². The predicted octanol–water partition coefficient (Wildman–Crippen LogP) is 0.703. The number of carboxylic acids is 1. The summed E-state index contributed by atoms with van der Waals surface area (Å²) in [6, 6.07) is 4.13. The molecule has 0 atom stereocenters. The van der Waals surface area contributed by atoms with Crippen LogP contribution in [0.5, 0.6) is 0 Å². The number of hydrogen-bond donors (Lipinski definition) is 2. The summed E-state index contributed by atoms with van der Waals surface area (Å²) in [5, 5.41) is 23.3. The molecule has 1 heterocycles. The van der Waals surface area contributed by atoms with Gasteiger partial charge in [0.1, 0.15) is 5.69 Å². The van der Waals surface area contributed by atoms with Crippen LogP contribution in [-0.2, 0) is 0 Å². The molecule has 1 aromatic rings. The van der Waals surface area contributed by atoms with E-state index in [1.54, 1.807) is 4.90 Å². The van der Waals surface area contributed by atoms with E-state index >= 15 is 0 Å². The second kappa shape index (κ2) is 5.01. The van der Waals surface area contributed by atoms with Crippen LogP contribution in [0.2, 0.25) is 0 Å². The average molecular weight is 251 g/mol. The van der Waals surface area contributed by atoms with Crippen LogP contribution in [0.15, 0.2) is 18.2 Å². The van der Waals surface area contributed by atoms with Gasteiger partial charge >= 0.3 is 5.97 Å². The van der Waals surface area contributed by atoms with E-state index in [-0.39, 0.29) is 16.9 Å². The van der Waals surface area contributed by atoms with E-state index in [1.165, 1.54) is 18.2 Å². The average Bonchev–Trinajstić information content (AvgIpc) is 2.38. The molecule has 0 spiro atoms. The van der Waals surface area contributed by atoms with Crippen molar-refractivity contribution in [2.75, 3.05) is 31.1 Å². The van der Waals surface area contributed by atoms with Gasteiger partial charge in [-0.25, -0.2) is 4.79 Å². The second-order valence-electron chi connectivity index (χ2n) is 3.97. The van der Waals surface area contributed by atoms with Crippen LogP contribution in [0, 0.1) is 10.1 Å². The highest BCUT2D eigenvalue weighted by atomic mass is 16.6. The van der Waals surface area contributed by atoms with Gasteiger partial charge in [0.25, 0.3) is 5.69 Å². The Hall–Kier alpha value is -2.15. The molecule has 1 saturated heterocycles. The molecule has 1 aromatic carbocycles. The molecule has 18 heavy (non-hydrogen) atoms. The van der Waals surface area contributed by atoms with Crippen LogP contribution >= 0.6 is 0 Å². The SMILES string of the molecule is O=C(O)c1cccc([N+](=O)[O-])c1N1CCNCC1. The van der Waals surface area contributed by atoms with Crippen molar-refractivity contribution in [1.29, 1.82) is 0 Å². The number of nitro groups is 1. The summed E-state index contributed by atoms with van der Waals surface area (Å²) in [5.74, 6) is -1.15. The fourth-order valence-corrected chi connectivity index (χ4v) is 2.07. The van der Waals surface area contributed by atoms with E-state index in [0.717, 1.165) is 0 Å². The maximum Gasteiger partial charge on any atom is 0.338 e. The summed E-state index contributed by atoms with van der Waals surface area (Å²) in [6.45, 7) is 2.49. The Labute approximate surface area is 103 Å². The number of para-hydroxylation sites is 1. The number of carbonyl (C=O) groups is 1. The molecular formula is C11H13N3O4. The van der Waals surface area contributed by atoms with Crippen LogP contribution in [0.25, 0.3) is 0 Å². The largest absolute Gasteiger partial charge is 0.478 e. The number of aromatic carboxylic acids is 1. The van der Waals surface area contributed by atoms with E-state index in [2.05, 4.69) is 5.32 Å². The van der Waals surface area contributed by atoms with Gasteiger partial charge in [-0.1, -0.05) is 6.07 Å². The maximum absolute atomic E-state index is 11.2. The molecule has 1 fully saturated rings. The predicted molar refractivity (Wildman–Crippen MR) is 65.1 cm³/mol. The monoisotopic (exact) mass is 251 g/mol. The Morgan fingerprint density at radius 3 is 2.61 bits per heavy atom. The molecule has 1 aliphatic heterocycles. The van der Waals surface area contributed by atoms with Gasteiger partial charge in [0.15, 0.2) is 0 Å². The quantitative estimate of drug-likeness (QED) is 0.606. The van der Waals surface area contributed by atoms with Crippen LogP contribution in [0.1, 0.15) is 10.4 Å². The van der Waals surface area contributed by atoms with Gasteiger partial charge in [0, 0.05) is 32.2 Å². The Kier molecular flexibility index (Phi) is 3.42. The Morgan fingerprint density at radius 1 is 1.39 bits per heavy atom. The first-order valence-electron chi connectivity index (χ1n) is 5.57. The first-order valence-corrected chi connectivity index (χ1v) is 5.57. The number of nitro benzene ring substituents is 1. The van der Waals surface area contributed by atoms with E-state index in [1.807, 2.05) is 0 Å². The Balaban J connectivity index is 2.52. The van der Waals surface area contributed by atoms with E-state index in [0.29, 0.717) is 26.2 Å². The summed E-state index contributed by atoms with van der Waals surface area (Å²) >= 11 is 0. The van der Waals surface area contributed by atoms with E-state index < -0.39 is 10.9 Å². The van der Waals surface area contributed by atoms with Crippen molar-refractivity contribution in [3.8, 4) is 0 Å². The van der Waals surface area contributed by atoms with Crippen molar-refractivity contribution in [2.45, 2.75) is 0 Å². The van der Waals surface area contributed by atoms with E-state index in [9.17, 15) is 14.9 Å².